The second kappa shape index (κ2) is 5.60. The summed E-state index contributed by atoms with van der Waals surface area (Å²) in [6, 6.07) is 6.75. The van der Waals surface area contributed by atoms with Gasteiger partial charge in [0.15, 0.2) is 0 Å². The molecule has 2 rings (SSSR count). The second-order valence-corrected chi connectivity index (χ2v) is 5.50. The number of thioether (sulfide) groups is 1. The van der Waals surface area contributed by atoms with Crippen LogP contribution in [0.4, 0.5) is 5.69 Å². The van der Waals surface area contributed by atoms with Crippen LogP contribution in [0.2, 0.25) is 0 Å². The summed E-state index contributed by atoms with van der Waals surface area (Å²) >= 11 is 2.05. The van der Waals surface area contributed by atoms with Crippen LogP contribution in [0.25, 0.3) is 0 Å². The van der Waals surface area contributed by atoms with E-state index >= 15 is 0 Å². The number of aryl methyl sites for hydroxylation is 1. The minimum atomic E-state index is 0.735. The first kappa shape index (κ1) is 11.8. The van der Waals surface area contributed by atoms with Gasteiger partial charge >= 0.3 is 0 Å². The summed E-state index contributed by atoms with van der Waals surface area (Å²) < 4.78 is 0. The first-order valence-corrected chi connectivity index (χ1v) is 7.09. The van der Waals surface area contributed by atoms with Gasteiger partial charge in [0, 0.05) is 30.3 Å². The van der Waals surface area contributed by atoms with Crippen LogP contribution in [-0.4, -0.2) is 31.1 Å². The van der Waals surface area contributed by atoms with Crippen molar-refractivity contribution in [1.29, 1.82) is 0 Å². The lowest BCUT2D eigenvalue weighted by Crippen LogP contribution is -2.33. The van der Waals surface area contributed by atoms with Crippen LogP contribution in [0.3, 0.4) is 0 Å². The summed E-state index contributed by atoms with van der Waals surface area (Å²) in [5.74, 6) is 2.49. The highest BCUT2D eigenvalue weighted by Gasteiger charge is 2.14. The molecule has 16 heavy (non-hydrogen) atoms. The molecular weight excluding hydrogens is 216 g/mol. The number of benzene rings is 1. The molecule has 3 heteroatoms. The summed E-state index contributed by atoms with van der Waals surface area (Å²) in [6.45, 7) is 5.23. The standard InChI is InChI=1S/C13H20N2S/c1-11-2-3-13(12(10-11)4-5-14)15-6-8-16-9-7-15/h2-3,10H,4-9,14H2,1H3. The van der Waals surface area contributed by atoms with Crippen molar-refractivity contribution in [2.24, 2.45) is 5.73 Å². The maximum atomic E-state index is 5.69. The highest BCUT2D eigenvalue weighted by atomic mass is 32.2. The lowest BCUT2D eigenvalue weighted by Gasteiger charge is -2.30. The molecule has 1 saturated heterocycles. The molecule has 1 aromatic carbocycles. The molecule has 0 aliphatic carbocycles. The fourth-order valence-corrected chi connectivity index (χ4v) is 3.09. The Morgan fingerprint density at radius 1 is 1.31 bits per heavy atom. The molecule has 0 unspecified atom stereocenters. The van der Waals surface area contributed by atoms with Gasteiger partial charge in [0.05, 0.1) is 0 Å². The summed E-state index contributed by atoms with van der Waals surface area (Å²) in [5, 5.41) is 0. The van der Waals surface area contributed by atoms with Gasteiger partial charge in [0.1, 0.15) is 0 Å². The van der Waals surface area contributed by atoms with Gasteiger partial charge in [0.2, 0.25) is 0 Å². The molecule has 0 bridgehead atoms. The Morgan fingerprint density at radius 3 is 2.75 bits per heavy atom. The first-order valence-electron chi connectivity index (χ1n) is 5.93. The number of nitrogens with zero attached hydrogens (tertiary/aromatic N) is 1. The van der Waals surface area contributed by atoms with Gasteiger partial charge in [-0.05, 0) is 31.5 Å². The van der Waals surface area contributed by atoms with Crippen LogP contribution in [0.15, 0.2) is 18.2 Å². The molecule has 2 N–H and O–H groups in total. The summed E-state index contributed by atoms with van der Waals surface area (Å²) in [5.41, 5.74) is 9.83. The van der Waals surface area contributed by atoms with E-state index in [2.05, 4.69) is 30.0 Å². The third-order valence-corrected chi connectivity index (χ3v) is 3.94. The third-order valence-electron chi connectivity index (χ3n) is 3.00. The molecule has 1 aliphatic heterocycles. The van der Waals surface area contributed by atoms with Crippen molar-refractivity contribution in [2.75, 3.05) is 36.0 Å². The van der Waals surface area contributed by atoms with E-state index in [4.69, 9.17) is 5.73 Å². The van der Waals surface area contributed by atoms with Crippen molar-refractivity contribution in [1.82, 2.24) is 0 Å². The first-order chi connectivity index (χ1) is 7.81. The zero-order valence-electron chi connectivity index (χ0n) is 9.91. The molecule has 0 radical (unpaired) electrons. The predicted molar refractivity (Wildman–Crippen MR) is 73.5 cm³/mol. The van der Waals surface area contributed by atoms with Gasteiger partial charge in [-0.3, -0.25) is 0 Å². The number of rotatable bonds is 3. The minimum absolute atomic E-state index is 0.735. The van der Waals surface area contributed by atoms with Crippen LogP contribution < -0.4 is 10.6 Å². The molecule has 1 aliphatic rings. The molecule has 88 valence electrons. The summed E-state index contributed by atoms with van der Waals surface area (Å²) in [7, 11) is 0. The molecule has 0 amide bonds. The molecule has 2 nitrogen and oxygen atoms in total. The van der Waals surface area contributed by atoms with Crippen molar-refractivity contribution in [3.63, 3.8) is 0 Å². The Bertz CT molecular complexity index is 346. The van der Waals surface area contributed by atoms with Crippen molar-refractivity contribution < 1.29 is 0 Å². The van der Waals surface area contributed by atoms with Crippen LogP contribution in [0.1, 0.15) is 11.1 Å². The second-order valence-electron chi connectivity index (χ2n) is 4.27. The highest BCUT2D eigenvalue weighted by Crippen LogP contribution is 2.25. The monoisotopic (exact) mass is 236 g/mol. The van der Waals surface area contributed by atoms with Crippen LogP contribution in [0.5, 0.6) is 0 Å². The van der Waals surface area contributed by atoms with Gasteiger partial charge in [-0.2, -0.15) is 11.8 Å². The van der Waals surface area contributed by atoms with Crippen LogP contribution in [-0.2, 0) is 6.42 Å². The fraction of sp³-hybridized carbons (Fsp3) is 0.538. The van der Waals surface area contributed by atoms with Gasteiger partial charge in [0.25, 0.3) is 0 Å². The van der Waals surface area contributed by atoms with Crippen molar-refractivity contribution in [2.45, 2.75) is 13.3 Å². The number of anilines is 1. The van der Waals surface area contributed by atoms with E-state index in [1.165, 1.54) is 41.4 Å². The lowest BCUT2D eigenvalue weighted by atomic mass is 10.1. The van der Waals surface area contributed by atoms with Crippen molar-refractivity contribution in [3.05, 3.63) is 29.3 Å². The van der Waals surface area contributed by atoms with E-state index in [9.17, 15) is 0 Å². The third kappa shape index (κ3) is 2.71. The number of nitrogens with two attached hydrogens (primary N) is 1. The van der Waals surface area contributed by atoms with Crippen molar-refractivity contribution in [3.8, 4) is 0 Å². The van der Waals surface area contributed by atoms with Crippen LogP contribution in [0, 0.1) is 6.92 Å². The van der Waals surface area contributed by atoms with Gasteiger partial charge in [-0.1, -0.05) is 17.7 Å². The zero-order valence-corrected chi connectivity index (χ0v) is 10.7. The molecule has 1 heterocycles. The maximum absolute atomic E-state index is 5.69. The average molecular weight is 236 g/mol. The Morgan fingerprint density at radius 2 is 2.06 bits per heavy atom. The Kier molecular flexibility index (Phi) is 4.13. The number of hydrogen-bond acceptors (Lipinski definition) is 3. The van der Waals surface area contributed by atoms with E-state index in [1.54, 1.807) is 0 Å². The fourth-order valence-electron chi connectivity index (χ4n) is 2.18. The summed E-state index contributed by atoms with van der Waals surface area (Å²) in [4.78, 5) is 2.50. The zero-order chi connectivity index (χ0) is 11.4. The molecule has 1 fully saturated rings. The van der Waals surface area contributed by atoms with E-state index in [0.717, 1.165) is 13.0 Å². The Balaban J connectivity index is 2.23. The molecule has 0 saturated carbocycles. The average Bonchev–Trinajstić information content (AvgIpc) is 2.31. The van der Waals surface area contributed by atoms with Gasteiger partial charge in [-0.15, -0.1) is 0 Å². The predicted octanol–water partition coefficient (Wildman–Crippen LogP) is 2.05. The lowest BCUT2D eigenvalue weighted by molar-refractivity contribution is 0.842. The van der Waals surface area contributed by atoms with Crippen molar-refractivity contribution >= 4 is 17.4 Å². The molecule has 0 atom stereocenters. The van der Waals surface area contributed by atoms with E-state index < -0.39 is 0 Å². The topological polar surface area (TPSA) is 29.3 Å². The van der Waals surface area contributed by atoms with E-state index in [0.29, 0.717) is 0 Å². The molecular formula is C13H20N2S. The Hall–Kier alpha value is -0.670. The molecule has 0 spiro atoms. The summed E-state index contributed by atoms with van der Waals surface area (Å²) in [6.07, 6.45) is 0.987. The Labute approximate surface area is 102 Å². The molecule has 1 aromatic rings. The van der Waals surface area contributed by atoms with Gasteiger partial charge < -0.3 is 10.6 Å². The highest BCUT2D eigenvalue weighted by molar-refractivity contribution is 7.99. The van der Waals surface area contributed by atoms with E-state index in [-0.39, 0.29) is 0 Å². The SMILES string of the molecule is Cc1ccc(N2CCSCC2)c(CCN)c1. The minimum Gasteiger partial charge on any atom is -0.370 e. The van der Waals surface area contributed by atoms with Crippen LogP contribution >= 0.6 is 11.8 Å². The van der Waals surface area contributed by atoms with Gasteiger partial charge in [-0.25, -0.2) is 0 Å². The number of hydrogen-bond donors (Lipinski definition) is 1. The largest absolute Gasteiger partial charge is 0.370 e. The van der Waals surface area contributed by atoms with E-state index in [1.807, 2.05) is 11.8 Å². The normalized spacial score (nSPS) is 16.5. The smallest absolute Gasteiger partial charge is 0.0399 e. The maximum Gasteiger partial charge on any atom is 0.0399 e. The molecule has 0 aromatic heterocycles. The quantitative estimate of drug-likeness (QED) is 0.871.